The number of rotatable bonds is 2. The van der Waals surface area contributed by atoms with Crippen LogP contribution in [0.1, 0.15) is 0 Å². The molecule has 0 amide bonds. The molecule has 0 spiro atoms. The molecule has 0 radical (unpaired) electrons. The standard InChI is InChI=1S/C5H10N6/c1-11-5(8-9-10-11)7-4-2-6-3-4/h4,6H,2-3H2,1H3,(H,7,8,10). The first-order valence-electron chi connectivity index (χ1n) is 3.56. The van der Waals surface area contributed by atoms with Gasteiger partial charge in [0.15, 0.2) is 0 Å². The summed E-state index contributed by atoms with van der Waals surface area (Å²) in [6.45, 7) is 1.99. The van der Waals surface area contributed by atoms with Crippen LogP contribution in [0.5, 0.6) is 0 Å². The van der Waals surface area contributed by atoms with Gasteiger partial charge < -0.3 is 10.6 Å². The van der Waals surface area contributed by atoms with Crippen molar-refractivity contribution < 1.29 is 0 Å². The third-order valence-electron chi connectivity index (χ3n) is 1.73. The number of tetrazole rings is 1. The van der Waals surface area contributed by atoms with Crippen LogP contribution in [-0.2, 0) is 7.05 Å². The number of hydrogen-bond acceptors (Lipinski definition) is 5. The lowest BCUT2D eigenvalue weighted by Crippen LogP contribution is -2.51. The zero-order valence-corrected chi connectivity index (χ0v) is 6.28. The van der Waals surface area contributed by atoms with Crippen LogP contribution in [0.15, 0.2) is 0 Å². The molecule has 1 fully saturated rings. The average molecular weight is 154 g/mol. The van der Waals surface area contributed by atoms with Gasteiger partial charge in [0.25, 0.3) is 0 Å². The Kier molecular flexibility index (Phi) is 1.46. The van der Waals surface area contributed by atoms with Gasteiger partial charge in [-0.25, -0.2) is 4.68 Å². The van der Waals surface area contributed by atoms with E-state index in [1.54, 1.807) is 4.68 Å². The highest BCUT2D eigenvalue weighted by Gasteiger charge is 2.17. The highest BCUT2D eigenvalue weighted by atomic mass is 15.6. The van der Waals surface area contributed by atoms with Crippen LogP contribution in [0.2, 0.25) is 0 Å². The molecule has 1 aromatic heterocycles. The van der Waals surface area contributed by atoms with E-state index in [0.717, 1.165) is 19.0 Å². The van der Waals surface area contributed by atoms with Crippen molar-refractivity contribution in [1.29, 1.82) is 0 Å². The predicted octanol–water partition coefficient (Wildman–Crippen LogP) is -1.41. The van der Waals surface area contributed by atoms with Crippen molar-refractivity contribution in [3.8, 4) is 0 Å². The molecule has 2 heterocycles. The minimum Gasteiger partial charge on any atom is -0.348 e. The SMILES string of the molecule is Cn1nnnc1NC1CNC1. The third-order valence-corrected chi connectivity index (χ3v) is 1.73. The highest BCUT2D eigenvalue weighted by molar-refractivity contribution is 5.24. The molecule has 1 aromatic rings. The maximum atomic E-state index is 3.80. The van der Waals surface area contributed by atoms with Crippen LogP contribution in [0.3, 0.4) is 0 Å². The van der Waals surface area contributed by atoms with E-state index < -0.39 is 0 Å². The predicted molar refractivity (Wildman–Crippen MR) is 39.1 cm³/mol. The molecule has 0 aromatic carbocycles. The molecule has 1 saturated heterocycles. The summed E-state index contributed by atoms with van der Waals surface area (Å²) in [5.74, 6) is 0.733. The number of aromatic nitrogens is 4. The Balaban J connectivity index is 1.99. The van der Waals surface area contributed by atoms with Crippen LogP contribution in [0.25, 0.3) is 0 Å². The van der Waals surface area contributed by atoms with Gasteiger partial charge in [-0.05, 0) is 10.4 Å². The van der Waals surface area contributed by atoms with E-state index >= 15 is 0 Å². The number of aryl methyl sites for hydroxylation is 1. The van der Waals surface area contributed by atoms with Gasteiger partial charge in [-0.1, -0.05) is 5.10 Å². The van der Waals surface area contributed by atoms with Crippen LogP contribution in [0, 0.1) is 0 Å². The van der Waals surface area contributed by atoms with E-state index in [-0.39, 0.29) is 0 Å². The fourth-order valence-electron chi connectivity index (χ4n) is 0.925. The van der Waals surface area contributed by atoms with E-state index in [2.05, 4.69) is 26.2 Å². The van der Waals surface area contributed by atoms with Gasteiger partial charge in [0.05, 0.1) is 6.04 Å². The molecule has 0 aliphatic carbocycles. The van der Waals surface area contributed by atoms with Gasteiger partial charge in [0.2, 0.25) is 5.95 Å². The Hall–Kier alpha value is -1.17. The maximum Gasteiger partial charge on any atom is 0.242 e. The van der Waals surface area contributed by atoms with Gasteiger partial charge in [0.1, 0.15) is 0 Å². The van der Waals surface area contributed by atoms with Crippen molar-refractivity contribution in [2.45, 2.75) is 6.04 Å². The van der Waals surface area contributed by atoms with Crippen molar-refractivity contribution in [2.75, 3.05) is 18.4 Å². The van der Waals surface area contributed by atoms with Gasteiger partial charge in [-0.2, -0.15) is 0 Å². The van der Waals surface area contributed by atoms with Gasteiger partial charge in [-0.3, -0.25) is 0 Å². The minimum absolute atomic E-state index is 0.486. The molecule has 0 atom stereocenters. The lowest BCUT2D eigenvalue weighted by molar-refractivity contribution is 0.467. The maximum absolute atomic E-state index is 3.80. The fourth-order valence-corrected chi connectivity index (χ4v) is 0.925. The second kappa shape index (κ2) is 2.46. The molecular formula is C5H10N6. The summed E-state index contributed by atoms with van der Waals surface area (Å²) in [5, 5.41) is 17.4. The van der Waals surface area contributed by atoms with Crippen molar-refractivity contribution >= 4 is 5.95 Å². The molecule has 2 rings (SSSR count). The molecule has 0 saturated carbocycles. The first kappa shape index (κ1) is 6.53. The summed E-state index contributed by atoms with van der Waals surface area (Å²) >= 11 is 0. The average Bonchev–Trinajstić information content (AvgIpc) is 2.27. The Morgan fingerprint density at radius 3 is 2.91 bits per heavy atom. The van der Waals surface area contributed by atoms with E-state index in [1.165, 1.54) is 0 Å². The second-order valence-corrected chi connectivity index (χ2v) is 2.63. The van der Waals surface area contributed by atoms with Crippen LogP contribution in [0.4, 0.5) is 5.95 Å². The molecule has 1 aliphatic heterocycles. The summed E-state index contributed by atoms with van der Waals surface area (Å²) in [6, 6.07) is 0.486. The van der Waals surface area contributed by atoms with E-state index in [4.69, 9.17) is 0 Å². The lowest BCUT2D eigenvalue weighted by atomic mass is 10.2. The number of nitrogens with one attached hydrogen (secondary N) is 2. The molecule has 60 valence electrons. The zero-order chi connectivity index (χ0) is 7.68. The second-order valence-electron chi connectivity index (χ2n) is 2.63. The lowest BCUT2D eigenvalue weighted by Gasteiger charge is -2.27. The topological polar surface area (TPSA) is 67.7 Å². The first-order valence-corrected chi connectivity index (χ1v) is 3.56. The normalized spacial score (nSPS) is 17.9. The Labute approximate surface area is 64.0 Å². The molecule has 11 heavy (non-hydrogen) atoms. The largest absolute Gasteiger partial charge is 0.348 e. The summed E-state index contributed by atoms with van der Waals surface area (Å²) in [6.07, 6.45) is 0. The van der Waals surface area contributed by atoms with Gasteiger partial charge >= 0.3 is 0 Å². The smallest absolute Gasteiger partial charge is 0.242 e. The Bertz CT molecular complexity index is 239. The van der Waals surface area contributed by atoms with E-state index in [0.29, 0.717) is 6.04 Å². The van der Waals surface area contributed by atoms with E-state index in [1.807, 2.05) is 7.05 Å². The summed E-state index contributed by atoms with van der Waals surface area (Å²) < 4.78 is 1.62. The Morgan fingerprint density at radius 2 is 2.45 bits per heavy atom. The minimum atomic E-state index is 0.486. The Morgan fingerprint density at radius 1 is 1.64 bits per heavy atom. The number of hydrogen-bond donors (Lipinski definition) is 2. The highest BCUT2D eigenvalue weighted by Crippen LogP contribution is 2.02. The molecule has 1 aliphatic rings. The number of nitrogens with zero attached hydrogens (tertiary/aromatic N) is 4. The molecule has 0 bridgehead atoms. The molecule has 0 unspecified atom stereocenters. The summed E-state index contributed by atoms with van der Waals surface area (Å²) in [7, 11) is 1.81. The van der Waals surface area contributed by atoms with Crippen molar-refractivity contribution in [2.24, 2.45) is 7.05 Å². The monoisotopic (exact) mass is 154 g/mol. The molecule has 2 N–H and O–H groups in total. The van der Waals surface area contributed by atoms with Crippen molar-refractivity contribution in [1.82, 2.24) is 25.5 Å². The van der Waals surface area contributed by atoms with Crippen molar-refractivity contribution in [3.63, 3.8) is 0 Å². The van der Waals surface area contributed by atoms with Crippen LogP contribution in [-0.4, -0.2) is 39.3 Å². The van der Waals surface area contributed by atoms with Gasteiger partial charge in [0, 0.05) is 20.1 Å². The van der Waals surface area contributed by atoms with Crippen LogP contribution < -0.4 is 10.6 Å². The number of anilines is 1. The molecule has 6 nitrogen and oxygen atoms in total. The first-order chi connectivity index (χ1) is 5.36. The molecule has 6 heteroatoms. The summed E-state index contributed by atoms with van der Waals surface area (Å²) in [5.41, 5.74) is 0. The zero-order valence-electron chi connectivity index (χ0n) is 6.28. The molecular weight excluding hydrogens is 144 g/mol. The van der Waals surface area contributed by atoms with Crippen LogP contribution >= 0.6 is 0 Å². The fraction of sp³-hybridized carbons (Fsp3) is 0.800. The van der Waals surface area contributed by atoms with Gasteiger partial charge in [-0.15, -0.1) is 0 Å². The third kappa shape index (κ3) is 1.16. The van der Waals surface area contributed by atoms with Crippen molar-refractivity contribution in [3.05, 3.63) is 0 Å². The van der Waals surface area contributed by atoms with E-state index in [9.17, 15) is 0 Å². The summed E-state index contributed by atoms with van der Waals surface area (Å²) in [4.78, 5) is 0. The quantitative estimate of drug-likeness (QED) is 0.548.